The molecule has 0 heterocycles. The van der Waals surface area contributed by atoms with Crippen LogP contribution in [0.4, 0.5) is 8.78 Å². The van der Waals surface area contributed by atoms with Crippen LogP contribution < -0.4 is 10.5 Å². The predicted molar refractivity (Wildman–Crippen MR) is 75.8 cm³/mol. The van der Waals surface area contributed by atoms with Crippen LogP contribution in [0.2, 0.25) is 0 Å². The summed E-state index contributed by atoms with van der Waals surface area (Å²) in [6.45, 7) is -0.0956. The second-order valence-corrected chi connectivity index (χ2v) is 5.00. The molecule has 2 aromatic carbocycles. The van der Waals surface area contributed by atoms with Crippen LogP contribution in [0, 0.1) is 17.0 Å². The second-order valence-electron chi connectivity index (χ2n) is 4.08. The van der Waals surface area contributed by atoms with Crippen LogP contribution in [0.3, 0.4) is 0 Å². The lowest BCUT2D eigenvalue weighted by molar-refractivity contribution is 0.284. The van der Waals surface area contributed by atoms with E-state index in [1.54, 1.807) is 12.1 Å². The van der Waals surface area contributed by atoms with E-state index in [2.05, 4.69) is 15.9 Å². The molecule has 3 N–H and O–H groups in total. The molecule has 0 aliphatic heterocycles. The molecule has 0 fully saturated rings. The first kappa shape index (κ1) is 14.5. The number of nitrogens with two attached hydrogens (primary N) is 1. The molecule has 0 bridgehead atoms. The van der Waals surface area contributed by atoms with Gasteiger partial charge in [0.15, 0.2) is 11.6 Å². The van der Waals surface area contributed by atoms with Gasteiger partial charge in [0.05, 0.1) is 0 Å². The minimum atomic E-state index is -0.645. The molecule has 104 valence electrons. The molecule has 0 saturated carbocycles. The normalized spacial score (nSPS) is 10.3. The van der Waals surface area contributed by atoms with Gasteiger partial charge in [-0.05, 0) is 36.4 Å². The number of amidine groups is 1. The molecule has 0 aliphatic rings. The smallest absolute Gasteiger partial charge is 0.165 e. The summed E-state index contributed by atoms with van der Waals surface area (Å²) in [5.41, 5.74) is 5.84. The van der Waals surface area contributed by atoms with Gasteiger partial charge in [0.2, 0.25) is 0 Å². The number of halogens is 3. The summed E-state index contributed by atoms with van der Waals surface area (Å²) in [6.07, 6.45) is 0. The van der Waals surface area contributed by atoms with Crippen molar-refractivity contribution in [2.24, 2.45) is 5.73 Å². The molecule has 3 nitrogen and oxygen atoms in total. The van der Waals surface area contributed by atoms with Crippen molar-refractivity contribution in [1.82, 2.24) is 0 Å². The van der Waals surface area contributed by atoms with Gasteiger partial charge in [0, 0.05) is 15.6 Å². The van der Waals surface area contributed by atoms with Crippen LogP contribution in [-0.2, 0) is 6.61 Å². The van der Waals surface area contributed by atoms with E-state index in [1.165, 1.54) is 18.2 Å². The summed E-state index contributed by atoms with van der Waals surface area (Å²) < 4.78 is 33.2. The molecule has 6 heteroatoms. The molecule has 0 atom stereocenters. The Labute approximate surface area is 123 Å². The number of rotatable bonds is 4. The van der Waals surface area contributed by atoms with Gasteiger partial charge in [-0.3, -0.25) is 5.41 Å². The van der Waals surface area contributed by atoms with E-state index in [0.717, 1.165) is 6.07 Å². The maximum absolute atomic E-state index is 13.7. The highest BCUT2D eigenvalue weighted by Gasteiger charge is 2.09. The SMILES string of the molecule is N=C(N)c1ccc(OCc2cc(Br)ccc2F)c(F)c1. The Kier molecular flexibility index (Phi) is 4.34. The minimum Gasteiger partial charge on any atom is -0.486 e. The number of ether oxygens (including phenoxy) is 1. The molecular formula is C14H11BrF2N2O. The largest absolute Gasteiger partial charge is 0.486 e. The fourth-order valence-electron chi connectivity index (χ4n) is 1.59. The van der Waals surface area contributed by atoms with Crippen molar-refractivity contribution < 1.29 is 13.5 Å². The van der Waals surface area contributed by atoms with Gasteiger partial charge in [0.1, 0.15) is 18.3 Å². The van der Waals surface area contributed by atoms with E-state index in [-0.39, 0.29) is 23.8 Å². The van der Waals surface area contributed by atoms with Gasteiger partial charge >= 0.3 is 0 Å². The zero-order chi connectivity index (χ0) is 14.7. The maximum atomic E-state index is 13.7. The molecule has 2 rings (SSSR count). The number of nitrogen functional groups attached to an aromatic ring is 1. The molecule has 0 unspecified atom stereocenters. The van der Waals surface area contributed by atoms with Gasteiger partial charge in [-0.25, -0.2) is 8.78 Å². The summed E-state index contributed by atoms with van der Waals surface area (Å²) in [5.74, 6) is -1.31. The Hall–Kier alpha value is -1.95. The van der Waals surface area contributed by atoms with E-state index < -0.39 is 11.6 Å². The first-order valence-corrected chi connectivity index (χ1v) is 6.47. The quantitative estimate of drug-likeness (QED) is 0.660. The zero-order valence-electron chi connectivity index (χ0n) is 10.3. The lowest BCUT2D eigenvalue weighted by atomic mass is 10.2. The topological polar surface area (TPSA) is 59.1 Å². The summed E-state index contributed by atoms with van der Waals surface area (Å²) in [4.78, 5) is 0. The van der Waals surface area contributed by atoms with Crippen molar-refractivity contribution >= 4 is 21.8 Å². The van der Waals surface area contributed by atoms with Crippen LogP contribution in [0.25, 0.3) is 0 Å². The fourth-order valence-corrected chi connectivity index (χ4v) is 2.00. The second kappa shape index (κ2) is 6.00. The van der Waals surface area contributed by atoms with Gasteiger partial charge in [0.25, 0.3) is 0 Å². The maximum Gasteiger partial charge on any atom is 0.165 e. The number of hydrogen-bond donors (Lipinski definition) is 2. The molecule has 20 heavy (non-hydrogen) atoms. The van der Waals surface area contributed by atoms with Crippen LogP contribution in [0.15, 0.2) is 40.9 Å². The van der Waals surface area contributed by atoms with Gasteiger partial charge < -0.3 is 10.5 Å². The number of hydrogen-bond acceptors (Lipinski definition) is 2. The van der Waals surface area contributed by atoms with Crippen LogP contribution in [0.1, 0.15) is 11.1 Å². The first-order chi connectivity index (χ1) is 9.47. The molecular weight excluding hydrogens is 330 g/mol. The van der Waals surface area contributed by atoms with Crippen LogP contribution >= 0.6 is 15.9 Å². The first-order valence-electron chi connectivity index (χ1n) is 5.68. The number of benzene rings is 2. The molecule has 0 aromatic heterocycles. The third-order valence-electron chi connectivity index (χ3n) is 2.63. The highest BCUT2D eigenvalue weighted by molar-refractivity contribution is 9.10. The van der Waals surface area contributed by atoms with Crippen molar-refractivity contribution in [3.8, 4) is 5.75 Å². The van der Waals surface area contributed by atoms with Crippen molar-refractivity contribution in [2.75, 3.05) is 0 Å². The Morgan fingerprint density at radius 1 is 1.15 bits per heavy atom. The Bertz CT molecular complexity index is 662. The Balaban J connectivity index is 2.15. The van der Waals surface area contributed by atoms with Crippen molar-refractivity contribution in [3.05, 3.63) is 63.6 Å². The van der Waals surface area contributed by atoms with Gasteiger partial charge in [-0.1, -0.05) is 15.9 Å². The minimum absolute atomic E-state index is 0.0191. The molecule has 0 aliphatic carbocycles. The third kappa shape index (κ3) is 3.33. The highest BCUT2D eigenvalue weighted by atomic mass is 79.9. The monoisotopic (exact) mass is 340 g/mol. The van der Waals surface area contributed by atoms with E-state index in [1.807, 2.05) is 0 Å². The van der Waals surface area contributed by atoms with E-state index >= 15 is 0 Å². The van der Waals surface area contributed by atoms with Gasteiger partial charge in [-0.15, -0.1) is 0 Å². The van der Waals surface area contributed by atoms with E-state index in [9.17, 15) is 8.78 Å². The number of nitrogens with one attached hydrogen (secondary N) is 1. The summed E-state index contributed by atoms with van der Waals surface area (Å²) >= 11 is 3.23. The van der Waals surface area contributed by atoms with Crippen LogP contribution in [-0.4, -0.2) is 5.84 Å². The van der Waals surface area contributed by atoms with Crippen LogP contribution in [0.5, 0.6) is 5.75 Å². The standard InChI is InChI=1S/C14H11BrF2N2O/c15-10-2-3-11(16)9(5-10)7-20-13-4-1-8(14(18)19)6-12(13)17/h1-6H,7H2,(H3,18,19). The van der Waals surface area contributed by atoms with Crippen molar-refractivity contribution in [3.63, 3.8) is 0 Å². The fraction of sp³-hybridized carbons (Fsp3) is 0.0714. The van der Waals surface area contributed by atoms with E-state index in [0.29, 0.717) is 10.0 Å². The average Bonchev–Trinajstić information content (AvgIpc) is 2.40. The van der Waals surface area contributed by atoms with Crippen molar-refractivity contribution in [1.29, 1.82) is 5.41 Å². The summed E-state index contributed by atoms with van der Waals surface area (Å²) in [6, 6.07) is 8.38. The molecule has 0 spiro atoms. The predicted octanol–water partition coefficient (Wildman–Crippen LogP) is 3.59. The van der Waals surface area contributed by atoms with Crippen molar-refractivity contribution in [2.45, 2.75) is 6.61 Å². The zero-order valence-corrected chi connectivity index (χ0v) is 11.9. The van der Waals surface area contributed by atoms with Gasteiger partial charge in [-0.2, -0.15) is 0 Å². The van der Waals surface area contributed by atoms with E-state index in [4.69, 9.17) is 15.9 Å². The Morgan fingerprint density at radius 2 is 1.90 bits per heavy atom. The Morgan fingerprint density at radius 3 is 2.55 bits per heavy atom. The summed E-state index contributed by atoms with van der Waals surface area (Å²) in [7, 11) is 0. The lowest BCUT2D eigenvalue weighted by Crippen LogP contribution is -2.11. The molecule has 0 radical (unpaired) electrons. The third-order valence-corrected chi connectivity index (χ3v) is 3.13. The average molecular weight is 341 g/mol. The molecule has 2 aromatic rings. The lowest BCUT2D eigenvalue weighted by Gasteiger charge is -2.09. The summed E-state index contributed by atoms with van der Waals surface area (Å²) in [5, 5.41) is 7.21. The molecule has 0 saturated heterocycles. The molecule has 0 amide bonds. The highest BCUT2D eigenvalue weighted by Crippen LogP contribution is 2.21.